The van der Waals surface area contributed by atoms with Crippen LogP contribution in [-0.2, 0) is 4.79 Å². The van der Waals surface area contributed by atoms with Crippen LogP contribution in [0.1, 0.15) is 29.3 Å². The van der Waals surface area contributed by atoms with Crippen LogP contribution in [0.4, 0.5) is 13.2 Å². The van der Waals surface area contributed by atoms with E-state index in [1.165, 1.54) is 33.5 Å². The number of amidine groups is 1. The molecule has 1 aliphatic heterocycles. The van der Waals surface area contributed by atoms with Crippen molar-refractivity contribution in [1.29, 1.82) is 0 Å². The Morgan fingerprint density at radius 1 is 1.06 bits per heavy atom. The standard InChI is InChI=1S/C23H24F3N3O5/c1-5-11-29-19(14-9-7-6-8-10-14)27-22(21(29)31,23(24,25)26)28-20(30)15-12-16(32-2)18(34-4)17(13-15)33-3/h6-10,12-13H,5,11H2,1-4H3,(H,28,30). The molecule has 0 radical (unpaired) electrons. The van der Waals surface area contributed by atoms with Gasteiger partial charge in [-0.15, -0.1) is 0 Å². The molecule has 0 aliphatic carbocycles. The molecule has 1 aliphatic rings. The molecule has 0 spiro atoms. The van der Waals surface area contributed by atoms with Crippen LogP contribution >= 0.6 is 0 Å². The van der Waals surface area contributed by atoms with Gasteiger partial charge in [-0.05, 0) is 18.6 Å². The Labute approximate surface area is 194 Å². The number of nitrogens with one attached hydrogen (secondary N) is 1. The molecule has 34 heavy (non-hydrogen) atoms. The Hall–Kier alpha value is -3.76. The Morgan fingerprint density at radius 2 is 1.65 bits per heavy atom. The minimum Gasteiger partial charge on any atom is -0.493 e. The fourth-order valence-electron chi connectivity index (χ4n) is 3.58. The summed E-state index contributed by atoms with van der Waals surface area (Å²) in [5, 5.41) is 1.83. The number of nitrogens with zero attached hydrogens (tertiary/aromatic N) is 2. The molecule has 0 saturated heterocycles. The number of halogens is 3. The summed E-state index contributed by atoms with van der Waals surface area (Å²) in [7, 11) is 3.95. The van der Waals surface area contributed by atoms with Gasteiger partial charge in [0.25, 0.3) is 11.8 Å². The van der Waals surface area contributed by atoms with E-state index in [2.05, 4.69) is 4.99 Å². The zero-order valence-corrected chi connectivity index (χ0v) is 19.0. The summed E-state index contributed by atoms with van der Waals surface area (Å²) in [6.07, 6.45) is -4.84. The number of rotatable bonds is 8. The van der Waals surface area contributed by atoms with Crippen molar-refractivity contribution in [1.82, 2.24) is 10.2 Å². The summed E-state index contributed by atoms with van der Waals surface area (Å²) < 4.78 is 58.8. The third-order valence-electron chi connectivity index (χ3n) is 5.19. The first-order valence-electron chi connectivity index (χ1n) is 10.3. The highest BCUT2D eigenvalue weighted by atomic mass is 19.4. The SMILES string of the molecule is CCCN1C(=O)C(NC(=O)c2cc(OC)c(OC)c(OC)c2)(C(F)(F)F)N=C1c1ccccc1. The summed E-state index contributed by atoms with van der Waals surface area (Å²) in [5.74, 6) is -2.47. The van der Waals surface area contributed by atoms with Crippen molar-refractivity contribution in [3.8, 4) is 17.2 Å². The minimum atomic E-state index is -5.22. The van der Waals surface area contributed by atoms with Gasteiger partial charge in [0, 0.05) is 17.7 Å². The lowest BCUT2D eigenvalue weighted by Crippen LogP contribution is -2.63. The Bertz CT molecular complexity index is 1080. The van der Waals surface area contributed by atoms with Crippen LogP contribution in [0.5, 0.6) is 17.2 Å². The highest BCUT2D eigenvalue weighted by Gasteiger charge is 2.67. The second-order valence-corrected chi connectivity index (χ2v) is 7.33. The van der Waals surface area contributed by atoms with E-state index in [9.17, 15) is 22.8 Å². The summed E-state index contributed by atoms with van der Waals surface area (Å²) in [6, 6.07) is 10.4. The van der Waals surface area contributed by atoms with Crippen LogP contribution in [-0.4, -0.2) is 62.3 Å². The van der Waals surface area contributed by atoms with E-state index in [4.69, 9.17) is 14.2 Å². The number of alkyl halides is 3. The monoisotopic (exact) mass is 479 g/mol. The second-order valence-electron chi connectivity index (χ2n) is 7.33. The molecule has 1 atom stereocenters. The molecule has 2 amide bonds. The van der Waals surface area contributed by atoms with Crippen molar-refractivity contribution >= 4 is 17.6 Å². The molecule has 2 aromatic rings. The maximum Gasteiger partial charge on any atom is 0.442 e. The number of hydrogen-bond donors (Lipinski definition) is 1. The van der Waals surface area contributed by atoms with Crippen molar-refractivity contribution in [3.05, 3.63) is 53.6 Å². The highest BCUT2D eigenvalue weighted by molar-refractivity contribution is 6.16. The molecular weight excluding hydrogens is 455 g/mol. The highest BCUT2D eigenvalue weighted by Crippen LogP contribution is 2.41. The molecule has 182 valence electrons. The van der Waals surface area contributed by atoms with E-state index in [1.54, 1.807) is 37.3 Å². The normalized spacial score (nSPS) is 17.9. The predicted molar refractivity (Wildman–Crippen MR) is 117 cm³/mol. The lowest BCUT2D eigenvalue weighted by Gasteiger charge is -2.29. The van der Waals surface area contributed by atoms with Gasteiger partial charge in [-0.25, -0.2) is 4.99 Å². The third-order valence-corrected chi connectivity index (χ3v) is 5.19. The van der Waals surface area contributed by atoms with Gasteiger partial charge in [0.15, 0.2) is 11.5 Å². The first kappa shape index (κ1) is 24.9. The zero-order valence-electron chi connectivity index (χ0n) is 19.0. The van der Waals surface area contributed by atoms with Gasteiger partial charge < -0.3 is 19.5 Å². The van der Waals surface area contributed by atoms with Crippen LogP contribution < -0.4 is 19.5 Å². The summed E-state index contributed by atoms with van der Waals surface area (Å²) in [6.45, 7) is 1.71. The summed E-state index contributed by atoms with van der Waals surface area (Å²) >= 11 is 0. The molecule has 0 aromatic heterocycles. The molecule has 11 heteroatoms. The molecule has 1 N–H and O–H groups in total. The summed E-state index contributed by atoms with van der Waals surface area (Å²) in [5.41, 5.74) is -3.42. The fourth-order valence-corrected chi connectivity index (χ4v) is 3.58. The Morgan fingerprint density at radius 3 is 2.12 bits per heavy atom. The van der Waals surface area contributed by atoms with Gasteiger partial charge in [-0.2, -0.15) is 13.2 Å². The Balaban J connectivity index is 2.12. The van der Waals surface area contributed by atoms with Crippen molar-refractivity contribution < 1.29 is 37.0 Å². The predicted octanol–water partition coefficient (Wildman–Crippen LogP) is 3.40. The number of carbonyl (C=O) groups is 2. The fraction of sp³-hybridized carbons (Fsp3) is 0.348. The van der Waals surface area contributed by atoms with E-state index in [1.807, 2.05) is 5.32 Å². The van der Waals surface area contributed by atoms with E-state index in [0.29, 0.717) is 12.0 Å². The van der Waals surface area contributed by atoms with E-state index >= 15 is 0 Å². The quantitative estimate of drug-likeness (QED) is 0.627. The number of hydrogen-bond acceptors (Lipinski definition) is 6. The molecule has 8 nitrogen and oxygen atoms in total. The van der Waals surface area contributed by atoms with E-state index in [0.717, 1.165) is 4.90 Å². The van der Waals surface area contributed by atoms with Crippen molar-refractivity contribution in [2.75, 3.05) is 27.9 Å². The molecular formula is C23H24F3N3O5. The number of ether oxygens (including phenoxy) is 3. The van der Waals surface area contributed by atoms with Crippen LogP contribution in [0, 0.1) is 0 Å². The second kappa shape index (κ2) is 9.62. The van der Waals surface area contributed by atoms with E-state index in [-0.39, 0.29) is 35.2 Å². The molecule has 0 fully saturated rings. The smallest absolute Gasteiger partial charge is 0.442 e. The lowest BCUT2D eigenvalue weighted by atomic mass is 10.1. The van der Waals surface area contributed by atoms with Crippen molar-refractivity contribution in [2.45, 2.75) is 25.2 Å². The Kier molecular flexibility index (Phi) is 7.04. The zero-order chi connectivity index (χ0) is 25.1. The van der Waals surface area contributed by atoms with Gasteiger partial charge in [-0.1, -0.05) is 37.3 Å². The first-order chi connectivity index (χ1) is 16.1. The van der Waals surface area contributed by atoms with Gasteiger partial charge in [-0.3, -0.25) is 14.5 Å². The number of amides is 2. The maximum atomic E-state index is 14.4. The van der Waals surface area contributed by atoms with Gasteiger partial charge in [0.2, 0.25) is 5.75 Å². The summed E-state index contributed by atoms with van der Waals surface area (Å²) in [4.78, 5) is 30.9. The van der Waals surface area contributed by atoms with Crippen molar-refractivity contribution in [3.63, 3.8) is 0 Å². The van der Waals surface area contributed by atoms with Crippen LogP contribution in [0.2, 0.25) is 0 Å². The molecule has 0 bridgehead atoms. The lowest BCUT2D eigenvalue weighted by molar-refractivity contribution is -0.196. The van der Waals surface area contributed by atoms with Gasteiger partial charge >= 0.3 is 11.8 Å². The maximum absolute atomic E-state index is 14.4. The number of carbonyl (C=O) groups excluding carboxylic acids is 2. The molecule has 1 heterocycles. The first-order valence-corrected chi connectivity index (χ1v) is 10.3. The third kappa shape index (κ3) is 4.25. The van der Waals surface area contributed by atoms with Crippen LogP contribution in [0.3, 0.4) is 0 Å². The van der Waals surface area contributed by atoms with Crippen molar-refractivity contribution in [2.24, 2.45) is 4.99 Å². The molecule has 0 saturated carbocycles. The van der Waals surface area contributed by atoms with Crippen LogP contribution in [0.25, 0.3) is 0 Å². The number of methoxy groups -OCH3 is 3. The van der Waals surface area contributed by atoms with Gasteiger partial charge in [0.05, 0.1) is 21.3 Å². The molecule has 1 unspecified atom stereocenters. The number of benzene rings is 2. The van der Waals surface area contributed by atoms with E-state index < -0.39 is 23.7 Å². The van der Waals surface area contributed by atoms with Crippen LogP contribution in [0.15, 0.2) is 47.5 Å². The minimum absolute atomic E-state index is 0.00948. The number of aliphatic imine (C=N–C) groups is 1. The average Bonchev–Trinajstić information content (AvgIpc) is 3.11. The largest absolute Gasteiger partial charge is 0.493 e. The average molecular weight is 479 g/mol. The molecule has 3 rings (SSSR count). The molecule has 2 aromatic carbocycles. The van der Waals surface area contributed by atoms with Gasteiger partial charge in [0.1, 0.15) is 5.84 Å². The topological polar surface area (TPSA) is 89.5 Å².